The van der Waals surface area contributed by atoms with Crippen LogP contribution >= 0.6 is 0 Å². The summed E-state index contributed by atoms with van der Waals surface area (Å²) in [5.74, 6) is -1.62. The summed E-state index contributed by atoms with van der Waals surface area (Å²) >= 11 is 0. The van der Waals surface area contributed by atoms with E-state index in [9.17, 15) is 23.1 Å². The molecule has 0 unspecified atom stereocenters. The molecule has 10 heteroatoms. The highest BCUT2D eigenvalue weighted by atomic mass is 32.2. The van der Waals surface area contributed by atoms with Crippen LogP contribution in [-0.4, -0.2) is 56.7 Å². The predicted molar refractivity (Wildman–Crippen MR) is 126 cm³/mol. The maximum absolute atomic E-state index is 13.1. The van der Waals surface area contributed by atoms with E-state index in [1.165, 1.54) is 36.4 Å². The topological polar surface area (TPSA) is 125 Å². The van der Waals surface area contributed by atoms with Crippen molar-refractivity contribution in [3.63, 3.8) is 0 Å². The minimum Gasteiger partial charge on any atom is -0.453 e. The molecular weight excluding hydrogens is 488 g/mol. The molecule has 188 valence electrons. The van der Waals surface area contributed by atoms with E-state index >= 15 is 0 Å². The van der Waals surface area contributed by atoms with Crippen LogP contribution in [0.5, 0.6) is 0 Å². The standard InChI is InChI=1S/C26H24O9S/c1-17-12-14-20(15-13-17)36(30,31)35-22-21(33-24(27)18-8-4-2-5-9-18)16-32-26(29)23(22)34-25(28)19-10-6-3-7-11-19/h2-15,21-23,26,29H,16H2,1H3/t21-,22-,23+,26-/m0/s1. The largest absolute Gasteiger partial charge is 0.453 e. The van der Waals surface area contributed by atoms with E-state index in [1.807, 2.05) is 0 Å². The van der Waals surface area contributed by atoms with Crippen LogP contribution in [0.15, 0.2) is 89.8 Å². The highest BCUT2D eigenvalue weighted by molar-refractivity contribution is 7.86. The van der Waals surface area contributed by atoms with Gasteiger partial charge < -0.3 is 19.3 Å². The lowest BCUT2D eigenvalue weighted by atomic mass is 10.0. The van der Waals surface area contributed by atoms with E-state index in [1.54, 1.807) is 55.5 Å². The molecule has 0 bridgehead atoms. The van der Waals surface area contributed by atoms with Crippen molar-refractivity contribution in [2.75, 3.05) is 6.61 Å². The van der Waals surface area contributed by atoms with Crippen molar-refractivity contribution in [1.29, 1.82) is 0 Å². The van der Waals surface area contributed by atoms with Gasteiger partial charge in [0, 0.05) is 0 Å². The Kier molecular flexibility index (Phi) is 7.80. The van der Waals surface area contributed by atoms with Crippen LogP contribution in [0.2, 0.25) is 0 Å². The van der Waals surface area contributed by atoms with Crippen LogP contribution in [0.3, 0.4) is 0 Å². The van der Waals surface area contributed by atoms with E-state index < -0.39 is 53.3 Å². The Morgan fingerprint density at radius 3 is 1.89 bits per heavy atom. The summed E-state index contributed by atoms with van der Waals surface area (Å²) in [6.07, 6.45) is -6.28. The molecule has 3 aromatic rings. The number of aliphatic hydroxyl groups is 1. The van der Waals surface area contributed by atoms with E-state index in [0.717, 1.165) is 5.56 Å². The number of carbonyl (C=O) groups is 2. The van der Waals surface area contributed by atoms with Gasteiger partial charge in [-0.1, -0.05) is 54.1 Å². The number of aryl methyl sites for hydroxylation is 1. The fourth-order valence-corrected chi connectivity index (χ4v) is 4.66. The number of hydrogen-bond acceptors (Lipinski definition) is 9. The molecule has 1 heterocycles. The maximum Gasteiger partial charge on any atom is 0.338 e. The van der Waals surface area contributed by atoms with Gasteiger partial charge in [0.1, 0.15) is 0 Å². The minimum atomic E-state index is -4.42. The summed E-state index contributed by atoms with van der Waals surface area (Å²) < 4.78 is 47.8. The van der Waals surface area contributed by atoms with E-state index in [-0.39, 0.29) is 16.0 Å². The number of hydrogen-bond donors (Lipinski definition) is 1. The first-order valence-electron chi connectivity index (χ1n) is 11.1. The lowest BCUT2D eigenvalue weighted by Crippen LogP contribution is -2.57. The third-order valence-corrected chi connectivity index (χ3v) is 6.80. The molecule has 1 saturated heterocycles. The summed E-state index contributed by atoms with van der Waals surface area (Å²) in [4.78, 5) is 25.3. The quantitative estimate of drug-likeness (QED) is 0.376. The molecule has 0 radical (unpaired) electrons. The lowest BCUT2D eigenvalue weighted by molar-refractivity contribution is -0.245. The van der Waals surface area contributed by atoms with Crippen molar-refractivity contribution in [1.82, 2.24) is 0 Å². The second kappa shape index (κ2) is 11.0. The molecule has 1 fully saturated rings. The van der Waals surface area contributed by atoms with E-state index in [0.29, 0.717) is 0 Å². The first kappa shape index (κ1) is 25.5. The van der Waals surface area contributed by atoms with Crippen molar-refractivity contribution in [3.05, 3.63) is 102 Å². The molecule has 0 aliphatic carbocycles. The van der Waals surface area contributed by atoms with Gasteiger partial charge in [0.05, 0.1) is 22.6 Å². The van der Waals surface area contributed by atoms with Gasteiger partial charge in [-0.05, 0) is 43.3 Å². The maximum atomic E-state index is 13.1. The number of benzene rings is 3. The Morgan fingerprint density at radius 2 is 1.33 bits per heavy atom. The molecule has 3 aromatic carbocycles. The van der Waals surface area contributed by atoms with E-state index in [2.05, 4.69) is 0 Å². The Balaban J connectivity index is 1.64. The number of ether oxygens (including phenoxy) is 3. The summed E-state index contributed by atoms with van der Waals surface area (Å²) in [5.41, 5.74) is 1.20. The van der Waals surface area contributed by atoms with Crippen LogP contribution in [0.1, 0.15) is 26.3 Å². The average molecular weight is 513 g/mol. The van der Waals surface area contributed by atoms with Gasteiger partial charge in [-0.25, -0.2) is 9.59 Å². The molecule has 4 atom stereocenters. The fourth-order valence-electron chi connectivity index (χ4n) is 3.55. The molecular formula is C26H24O9S. The molecule has 1 N–H and O–H groups in total. The highest BCUT2D eigenvalue weighted by Crippen LogP contribution is 2.28. The van der Waals surface area contributed by atoms with Crippen LogP contribution in [0, 0.1) is 6.92 Å². The van der Waals surface area contributed by atoms with Gasteiger partial charge in [0.2, 0.25) is 0 Å². The van der Waals surface area contributed by atoms with Gasteiger partial charge in [0.25, 0.3) is 10.1 Å². The third-order valence-electron chi connectivity index (χ3n) is 5.47. The summed E-state index contributed by atoms with van der Waals surface area (Å²) in [6.45, 7) is 1.40. The fraction of sp³-hybridized carbons (Fsp3) is 0.231. The van der Waals surface area contributed by atoms with Crippen molar-refractivity contribution >= 4 is 22.1 Å². The van der Waals surface area contributed by atoms with Gasteiger partial charge in [-0.3, -0.25) is 4.18 Å². The van der Waals surface area contributed by atoms with Crippen molar-refractivity contribution in [3.8, 4) is 0 Å². The molecule has 1 aliphatic heterocycles. The Bertz CT molecular complexity index is 1290. The molecule has 4 rings (SSSR count). The molecule has 0 amide bonds. The molecule has 9 nitrogen and oxygen atoms in total. The molecule has 0 saturated carbocycles. The van der Waals surface area contributed by atoms with Gasteiger partial charge >= 0.3 is 11.9 Å². The molecule has 36 heavy (non-hydrogen) atoms. The third kappa shape index (κ3) is 5.97. The normalized spacial score (nSPS) is 21.9. The monoisotopic (exact) mass is 512 g/mol. The second-order valence-corrected chi connectivity index (χ2v) is 9.67. The first-order chi connectivity index (χ1) is 17.2. The van der Waals surface area contributed by atoms with Gasteiger partial charge in [-0.2, -0.15) is 8.42 Å². The smallest absolute Gasteiger partial charge is 0.338 e. The van der Waals surface area contributed by atoms with Crippen LogP contribution in [-0.2, 0) is 28.5 Å². The molecule has 0 spiro atoms. The van der Waals surface area contributed by atoms with Crippen molar-refractivity contribution in [2.24, 2.45) is 0 Å². The predicted octanol–water partition coefficient (Wildman–Crippen LogP) is 2.87. The van der Waals surface area contributed by atoms with Crippen LogP contribution in [0.4, 0.5) is 0 Å². The number of esters is 2. The number of aliphatic hydroxyl groups excluding tert-OH is 1. The number of rotatable bonds is 7. The minimum absolute atomic E-state index is 0.157. The van der Waals surface area contributed by atoms with E-state index in [4.69, 9.17) is 18.4 Å². The average Bonchev–Trinajstić information content (AvgIpc) is 2.88. The zero-order valence-electron chi connectivity index (χ0n) is 19.2. The summed E-state index contributed by atoms with van der Waals surface area (Å²) in [7, 11) is -4.42. The lowest BCUT2D eigenvalue weighted by Gasteiger charge is -2.38. The summed E-state index contributed by atoms with van der Waals surface area (Å²) in [5, 5.41) is 10.5. The number of carbonyl (C=O) groups excluding carboxylic acids is 2. The van der Waals surface area contributed by atoms with Gasteiger partial charge in [-0.15, -0.1) is 0 Å². The molecule has 1 aliphatic rings. The SMILES string of the molecule is Cc1ccc(S(=O)(=O)O[C@@H]2[C@@H](OC(=O)c3ccccc3)[C@@H](O)OC[C@@H]2OC(=O)c2ccccc2)cc1. The first-order valence-corrected chi connectivity index (χ1v) is 12.5. The van der Waals surface area contributed by atoms with Gasteiger partial charge in [0.15, 0.2) is 24.6 Å². The van der Waals surface area contributed by atoms with Crippen LogP contribution in [0.25, 0.3) is 0 Å². The molecule has 0 aromatic heterocycles. The van der Waals surface area contributed by atoms with Crippen molar-refractivity contribution < 1.29 is 41.5 Å². The zero-order valence-corrected chi connectivity index (χ0v) is 20.0. The Morgan fingerprint density at radius 1 is 0.806 bits per heavy atom. The Labute approximate surface area is 208 Å². The highest BCUT2D eigenvalue weighted by Gasteiger charge is 2.48. The Hall–Kier alpha value is -3.57. The zero-order chi connectivity index (χ0) is 25.7. The van der Waals surface area contributed by atoms with Crippen LogP contribution < -0.4 is 0 Å². The second-order valence-electron chi connectivity index (χ2n) is 8.10. The summed E-state index contributed by atoms with van der Waals surface area (Å²) in [6, 6.07) is 21.8. The van der Waals surface area contributed by atoms with Crippen molar-refractivity contribution in [2.45, 2.75) is 36.4 Å².